The standard InChI is InChI=1S/C28H33N3O4S/c32-28(31-14-15-35-18-27(31)20-6-7-20)21-8-11-23(12-9-21)30-36(33,34)24-13-10-22-16-25(29-26(22)17-24)19-4-2-1-3-5-19/h1-5,10,13,16-17,20-21,23,27,29-30H,6-9,11-12,14-15,18H2/t21-,23-,27-/m1/s1. The van der Waals surface area contributed by atoms with Crippen LogP contribution in [0.15, 0.2) is 59.5 Å². The number of fused-ring (bicyclic) bond motifs is 1. The number of aromatic amines is 1. The summed E-state index contributed by atoms with van der Waals surface area (Å²) in [6.07, 6.45) is 5.17. The van der Waals surface area contributed by atoms with Gasteiger partial charge in [-0.3, -0.25) is 4.79 Å². The van der Waals surface area contributed by atoms with Gasteiger partial charge < -0.3 is 14.6 Å². The zero-order valence-electron chi connectivity index (χ0n) is 20.4. The molecule has 2 aliphatic carbocycles. The van der Waals surface area contributed by atoms with Crippen molar-refractivity contribution in [2.24, 2.45) is 11.8 Å². The van der Waals surface area contributed by atoms with Gasteiger partial charge in [0.25, 0.3) is 0 Å². The molecular weight excluding hydrogens is 474 g/mol. The SMILES string of the molecule is O=C([C@H]1CC[C@H](NS(=O)(=O)c2ccc3cc(-c4ccccc4)[nH]c3c2)CC1)N1CCOC[C@@H]1C1CC1. The lowest BCUT2D eigenvalue weighted by Crippen LogP contribution is -2.52. The summed E-state index contributed by atoms with van der Waals surface area (Å²) in [5, 5.41) is 0.972. The minimum absolute atomic E-state index is 0.0169. The second kappa shape index (κ2) is 9.65. The number of morpholine rings is 1. The smallest absolute Gasteiger partial charge is 0.240 e. The molecule has 3 fully saturated rings. The number of carbonyl (C=O) groups excluding carboxylic acids is 1. The summed E-state index contributed by atoms with van der Waals surface area (Å²) in [6.45, 7) is 1.95. The summed E-state index contributed by atoms with van der Waals surface area (Å²) in [4.78, 5) is 18.9. The Hall–Kier alpha value is -2.68. The molecular formula is C28H33N3O4S. The molecule has 2 heterocycles. The maximum atomic E-state index is 13.3. The van der Waals surface area contributed by atoms with E-state index >= 15 is 0 Å². The normalized spacial score (nSPS) is 25.2. The average Bonchev–Trinajstić information content (AvgIpc) is 3.67. The lowest BCUT2D eigenvalue weighted by atomic mass is 9.85. The third-order valence-corrected chi connectivity index (χ3v) is 9.52. The summed E-state index contributed by atoms with van der Waals surface area (Å²) in [7, 11) is -3.66. The van der Waals surface area contributed by atoms with Crippen LogP contribution in [0.25, 0.3) is 22.2 Å². The summed E-state index contributed by atoms with van der Waals surface area (Å²) in [6, 6.07) is 17.3. The number of nitrogens with one attached hydrogen (secondary N) is 2. The third-order valence-electron chi connectivity index (χ3n) is 8.00. The van der Waals surface area contributed by atoms with Crippen molar-refractivity contribution in [2.45, 2.75) is 55.5 Å². The molecule has 2 N–H and O–H groups in total. The lowest BCUT2D eigenvalue weighted by Gasteiger charge is -2.39. The first-order valence-electron chi connectivity index (χ1n) is 13.1. The molecule has 1 aromatic heterocycles. The maximum Gasteiger partial charge on any atom is 0.240 e. The van der Waals surface area contributed by atoms with Crippen LogP contribution >= 0.6 is 0 Å². The number of hydrogen-bond acceptors (Lipinski definition) is 4. The predicted molar refractivity (Wildman–Crippen MR) is 139 cm³/mol. The summed E-state index contributed by atoms with van der Waals surface area (Å²) < 4.78 is 34.9. The monoisotopic (exact) mass is 507 g/mol. The average molecular weight is 508 g/mol. The quantitative estimate of drug-likeness (QED) is 0.520. The number of nitrogens with zero attached hydrogens (tertiary/aromatic N) is 1. The molecule has 1 atom stereocenters. The van der Waals surface area contributed by atoms with Crippen molar-refractivity contribution in [3.63, 3.8) is 0 Å². The molecule has 0 unspecified atom stereocenters. The number of benzene rings is 2. The van der Waals surface area contributed by atoms with Crippen molar-refractivity contribution in [1.82, 2.24) is 14.6 Å². The van der Waals surface area contributed by atoms with E-state index in [1.165, 1.54) is 12.8 Å². The van der Waals surface area contributed by atoms with Crippen LogP contribution in [0.1, 0.15) is 38.5 Å². The van der Waals surface area contributed by atoms with Crippen molar-refractivity contribution in [3.05, 3.63) is 54.6 Å². The van der Waals surface area contributed by atoms with Gasteiger partial charge in [0, 0.05) is 35.1 Å². The molecule has 1 aliphatic heterocycles. The zero-order valence-corrected chi connectivity index (χ0v) is 21.2. The zero-order chi connectivity index (χ0) is 24.7. The topological polar surface area (TPSA) is 91.5 Å². The van der Waals surface area contributed by atoms with Crippen LogP contribution in [0.2, 0.25) is 0 Å². The number of hydrogen-bond donors (Lipinski definition) is 2. The van der Waals surface area contributed by atoms with E-state index in [2.05, 4.69) is 14.6 Å². The fraction of sp³-hybridized carbons (Fsp3) is 0.464. The molecule has 3 aromatic rings. The molecule has 1 amide bonds. The van der Waals surface area contributed by atoms with E-state index in [9.17, 15) is 13.2 Å². The Labute approximate surface area is 212 Å². The predicted octanol–water partition coefficient (Wildman–Crippen LogP) is 4.31. The highest BCUT2D eigenvalue weighted by Crippen LogP contribution is 2.38. The van der Waals surface area contributed by atoms with Gasteiger partial charge in [0.05, 0.1) is 24.2 Å². The van der Waals surface area contributed by atoms with E-state index in [0.29, 0.717) is 38.5 Å². The number of ether oxygens (including phenoxy) is 1. The first-order valence-corrected chi connectivity index (χ1v) is 14.5. The van der Waals surface area contributed by atoms with Gasteiger partial charge >= 0.3 is 0 Å². The first-order chi connectivity index (χ1) is 17.5. The second-order valence-corrected chi connectivity index (χ2v) is 12.2. The van der Waals surface area contributed by atoms with E-state index in [-0.39, 0.29) is 28.8 Å². The molecule has 8 heteroatoms. The molecule has 6 rings (SSSR count). The Bertz CT molecular complexity index is 1340. The number of carbonyl (C=O) groups is 1. The van der Waals surface area contributed by atoms with E-state index < -0.39 is 10.0 Å². The van der Waals surface area contributed by atoms with Gasteiger partial charge in [0.1, 0.15) is 0 Å². The van der Waals surface area contributed by atoms with E-state index in [0.717, 1.165) is 35.0 Å². The van der Waals surface area contributed by atoms with Crippen LogP contribution in [0, 0.1) is 11.8 Å². The summed E-state index contributed by atoms with van der Waals surface area (Å²) in [5.41, 5.74) is 2.81. The van der Waals surface area contributed by atoms with E-state index in [4.69, 9.17) is 4.74 Å². The van der Waals surface area contributed by atoms with Gasteiger partial charge in [-0.15, -0.1) is 0 Å². The van der Waals surface area contributed by atoms with Crippen molar-refractivity contribution in [1.29, 1.82) is 0 Å². The summed E-state index contributed by atoms with van der Waals surface area (Å²) >= 11 is 0. The molecule has 3 aliphatic rings. The Kier molecular flexibility index (Phi) is 6.35. The van der Waals surface area contributed by atoms with Gasteiger partial charge in [0.15, 0.2) is 0 Å². The Morgan fingerprint density at radius 3 is 2.50 bits per heavy atom. The van der Waals surface area contributed by atoms with Gasteiger partial charge in [-0.1, -0.05) is 36.4 Å². The van der Waals surface area contributed by atoms with Crippen LogP contribution in [-0.4, -0.2) is 56.1 Å². The van der Waals surface area contributed by atoms with Crippen molar-refractivity contribution < 1.29 is 17.9 Å². The van der Waals surface area contributed by atoms with Gasteiger partial charge in [-0.25, -0.2) is 13.1 Å². The molecule has 36 heavy (non-hydrogen) atoms. The van der Waals surface area contributed by atoms with Crippen LogP contribution in [0.4, 0.5) is 0 Å². The molecule has 1 saturated heterocycles. The molecule has 0 spiro atoms. The van der Waals surface area contributed by atoms with Gasteiger partial charge in [-0.2, -0.15) is 0 Å². The highest BCUT2D eigenvalue weighted by molar-refractivity contribution is 7.89. The van der Waals surface area contributed by atoms with Crippen LogP contribution in [0.3, 0.4) is 0 Å². The van der Waals surface area contributed by atoms with Crippen molar-refractivity contribution in [3.8, 4) is 11.3 Å². The number of amides is 1. The molecule has 190 valence electrons. The molecule has 2 aromatic carbocycles. The van der Waals surface area contributed by atoms with Crippen LogP contribution < -0.4 is 4.72 Å². The highest BCUT2D eigenvalue weighted by Gasteiger charge is 2.41. The fourth-order valence-corrected chi connectivity index (χ4v) is 7.13. The number of rotatable bonds is 6. The fourth-order valence-electron chi connectivity index (χ4n) is 5.79. The van der Waals surface area contributed by atoms with Crippen molar-refractivity contribution in [2.75, 3.05) is 19.8 Å². The molecule has 0 bridgehead atoms. The third kappa shape index (κ3) is 4.82. The number of aromatic nitrogens is 1. The minimum atomic E-state index is -3.66. The van der Waals surface area contributed by atoms with Gasteiger partial charge in [0.2, 0.25) is 15.9 Å². The van der Waals surface area contributed by atoms with Crippen LogP contribution in [-0.2, 0) is 19.6 Å². The molecule has 0 radical (unpaired) electrons. The highest BCUT2D eigenvalue weighted by atomic mass is 32.2. The molecule has 7 nitrogen and oxygen atoms in total. The number of H-pyrrole nitrogens is 1. The Balaban J connectivity index is 1.10. The molecule has 2 saturated carbocycles. The van der Waals surface area contributed by atoms with E-state index in [1.807, 2.05) is 42.5 Å². The number of sulfonamides is 1. The first kappa shape index (κ1) is 23.7. The van der Waals surface area contributed by atoms with Crippen LogP contribution in [0.5, 0.6) is 0 Å². The van der Waals surface area contributed by atoms with Crippen molar-refractivity contribution >= 4 is 26.8 Å². The van der Waals surface area contributed by atoms with Gasteiger partial charge in [-0.05, 0) is 68.2 Å². The Morgan fingerprint density at radius 1 is 0.972 bits per heavy atom. The largest absolute Gasteiger partial charge is 0.377 e. The second-order valence-electron chi connectivity index (χ2n) is 10.5. The van der Waals surface area contributed by atoms with E-state index in [1.54, 1.807) is 12.1 Å². The Morgan fingerprint density at radius 2 is 1.75 bits per heavy atom. The maximum absolute atomic E-state index is 13.3. The lowest BCUT2D eigenvalue weighted by molar-refractivity contribution is -0.146. The minimum Gasteiger partial charge on any atom is -0.377 e. The summed E-state index contributed by atoms with van der Waals surface area (Å²) in [5.74, 6) is 0.817.